The smallest absolute Gasteiger partial charge is 0.306 e. The molecule has 280 valence electrons. The van der Waals surface area contributed by atoms with Crippen molar-refractivity contribution in [2.24, 2.45) is 11.8 Å². The number of cyclic esters (lactones) is 2. The van der Waals surface area contributed by atoms with Gasteiger partial charge in [0.1, 0.15) is 20.4 Å². The molecule has 2 fully saturated rings. The van der Waals surface area contributed by atoms with Gasteiger partial charge in [-0.15, -0.1) is 0 Å². The van der Waals surface area contributed by atoms with Crippen LogP contribution in [0.1, 0.15) is 44.9 Å². The number of carbonyl (C=O) groups is 3. The Morgan fingerprint density at radius 2 is 0.729 bits per heavy atom. The van der Waals surface area contributed by atoms with E-state index < -0.39 is 0 Å². The van der Waals surface area contributed by atoms with Gasteiger partial charge in [-0.2, -0.15) is 0 Å². The molecule has 18 heteroatoms. The number of rotatable bonds is 0. The third-order valence-corrected chi connectivity index (χ3v) is 13.7. The number of esters is 3. The Kier molecular flexibility index (Phi) is 30.7. The first kappa shape index (κ1) is 44.4. The molecule has 2 aliphatic heterocycles. The van der Waals surface area contributed by atoms with Gasteiger partial charge in [0.25, 0.3) is 0 Å². The minimum atomic E-state index is -0.281. The summed E-state index contributed by atoms with van der Waals surface area (Å²) in [7, 11) is 9.71. The zero-order valence-corrected chi connectivity index (χ0v) is 32.6. The van der Waals surface area contributed by atoms with Crippen molar-refractivity contribution in [1.29, 1.82) is 0 Å². The van der Waals surface area contributed by atoms with Gasteiger partial charge < -0.3 is 42.6 Å². The van der Waals surface area contributed by atoms with Crippen LogP contribution in [0, 0.1) is 11.8 Å². The lowest BCUT2D eigenvalue weighted by molar-refractivity contribution is -0.148. The SMILES string of the molecule is O=C1CCSSCCOCOCCC2CCOCOCCSSCCC(=O)OCCC(CCO1)COC(=O)CCSSCCOCOC2. The summed E-state index contributed by atoms with van der Waals surface area (Å²) in [4.78, 5) is 36.9. The predicted molar refractivity (Wildman–Crippen MR) is 197 cm³/mol. The Morgan fingerprint density at radius 3 is 1.21 bits per heavy atom. The minimum absolute atomic E-state index is 0.102. The molecule has 0 aliphatic carbocycles. The molecule has 0 aromatic rings. The summed E-state index contributed by atoms with van der Waals surface area (Å²) in [5, 5.41) is 0. The van der Waals surface area contributed by atoms with E-state index in [-0.39, 0.29) is 76.4 Å². The van der Waals surface area contributed by atoms with Gasteiger partial charge in [0.05, 0.1) is 65.5 Å². The fourth-order valence-electron chi connectivity index (χ4n) is 3.92. The van der Waals surface area contributed by atoms with Gasteiger partial charge in [0, 0.05) is 47.7 Å². The molecular formula is C30H52O12S6. The lowest BCUT2D eigenvalue weighted by atomic mass is 10.0. The average molecular weight is 797 g/mol. The highest BCUT2D eigenvalue weighted by Crippen LogP contribution is 2.24. The molecule has 2 bridgehead atoms. The maximum Gasteiger partial charge on any atom is 0.306 e. The van der Waals surface area contributed by atoms with Crippen molar-refractivity contribution < 1.29 is 57.0 Å². The molecule has 2 rings (SSSR count). The van der Waals surface area contributed by atoms with E-state index in [0.717, 1.165) is 30.1 Å². The van der Waals surface area contributed by atoms with Crippen LogP contribution in [0.25, 0.3) is 0 Å². The third-order valence-electron chi connectivity index (χ3n) is 6.60. The van der Waals surface area contributed by atoms with E-state index in [0.29, 0.717) is 82.6 Å². The fourth-order valence-corrected chi connectivity index (χ4v) is 9.42. The van der Waals surface area contributed by atoms with E-state index >= 15 is 0 Å². The zero-order chi connectivity index (χ0) is 34.2. The molecular weight excluding hydrogens is 745 g/mol. The van der Waals surface area contributed by atoms with Crippen molar-refractivity contribution in [3.8, 4) is 0 Å². The summed E-state index contributed by atoms with van der Waals surface area (Å²) in [5.74, 6) is 3.52. The topological polar surface area (TPSA) is 134 Å². The Balaban J connectivity index is 1.95. The molecule has 2 aliphatic rings. The summed E-state index contributed by atoms with van der Waals surface area (Å²) in [6.45, 7) is 4.54. The van der Waals surface area contributed by atoms with Crippen LogP contribution in [0.3, 0.4) is 0 Å². The van der Waals surface area contributed by atoms with Crippen LogP contribution < -0.4 is 0 Å². The largest absolute Gasteiger partial charge is 0.466 e. The monoisotopic (exact) mass is 796 g/mol. The first-order chi connectivity index (χ1) is 23.6. The van der Waals surface area contributed by atoms with Gasteiger partial charge in [0.2, 0.25) is 0 Å². The minimum Gasteiger partial charge on any atom is -0.466 e. The summed E-state index contributed by atoms with van der Waals surface area (Å²) >= 11 is 0. The van der Waals surface area contributed by atoms with Crippen LogP contribution in [-0.4, -0.2) is 132 Å². The Morgan fingerprint density at radius 1 is 0.375 bits per heavy atom. The van der Waals surface area contributed by atoms with Crippen molar-refractivity contribution in [1.82, 2.24) is 0 Å². The van der Waals surface area contributed by atoms with Crippen LogP contribution in [0.15, 0.2) is 0 Å². The lowest BCUT2D eigenvalue weighted by Crippen LogP contribution is -2.20. The number of ether oxygens (including phenoxy) is 9. The van der Waals surface area contributed by atoms with Crippen molar-refractivity contribution in [2.45, 2.75) is 44.9 Å². The van der Waals surface area contributed by atoms with E-state index in [1.54, 1.807) is 64.8 Å². The maximum absolute atomic E-state index is 12.4. The van der Waals surface area contributed by atoms with Crippen molar-refractivity contribution in [3.63, 3.8) is 0 Å². The summed E-state index contributed by atoms with van der Waals surface area (Å²) < 4.78 is 50.5. The van der Waals surface area contributed by atoms with Gasteiger partial charge in [-0.3, -0.25) is 14.4 Å². The maximum atomic E-state index is 12.4. The highest BCUT2D eigenvalue weighted by molar-refractivity contribution is 8.77. The standard InChI is InChI=1S/C30H52O12S6/c31-28-5-15-43-46-18-12-36-23-34-8-1-26-2-9-35-24-37-13-19-47-44-16-6-29(32)41-11-4-27(3-10-40-28)22-42-30(33)7-17-45-48-20-14-38-25-39-21-26/h26-27H,1-25H2. The third kappa shape index (κ3) is 27.9. The van der Waals surface area contributed by atoms with Crippen LogP contribution >= 0.6 is 64.8 Å². The number of hydrogen-bond donors (Lipinski definition) is 0. The zero-order valence-electron chi connectivity index (χ0n) is 27.7. The summed E-state index contributed by atoms with van der Waals surface area (Å²) in [5.41, 5.74) is 0. The number of fused-ring (bicyclic) bond motifs is 14. The van der Waals surface area contributed by atoms with Crippen molar-refractivity contribution >= 4 is 82.7 Å². The molecule has 48 heavy (non-hydrogen) atoms. The van der Waals surface area contributed by atoms with E-state index in [1.807, 2.05) is 0 Å². The first-order valence-corrected chi connectivity index (χ1v) is 23.8. The molecule has 0 N–H and O–H groups in total. The molecule has 0 spiro atoms. The quantitative estimate of drug-likeness (QED) is 0.168. The molecule has 0 atom stereocenters. The van der Waals surface area contributed by atoms with Gasteiger partial charge in [-0.1, -0.05) is 64.8 Å². The predicted octanol–water partition coefficient (Wildman–Crippen LogP) is 5.72. The average Bonchev–Trinajstić information content (AvgIpc) is 3.07. The summed E-state index contributed by atoms with van der Waals surface area (Å²) in [6, 6.07) is 0. The van der Waals surface area contributed by atoms with Gasteiger partial charge in [-0.05, 0) is 37.5 Å². The molecule has 0 amide bonds. The van der Waals surface area contributed by atoms with Crippen LogP contribution in [0.4, 0.5) is 0 Å². The molecule has 2 saturated heterocycles. The Labute approximate surface area is 309 Å². The van der Waals surface area contributed by atoms with Crippen molar-refractivity contribution in [3.05, 3.63) is 0 Å². The Hall–Kier alpha value is 0.270. The second-order valence-corrected chi connectivity index (χ2v) is 18.6. The second kappa shape index (κ2) is 33.1. The Bertz CT molecular complexity index is 774. The highest BCUT2D eigenvalue weighted by atomic mass is 33.1. The first-order valence-electron chi connectivity index (χ1n) is 16.3. The molecule has 0 radical (unpaired) electrons. The molecule has 0 unspecified atom stereocenters. The van der Waals surface area contributed by atoms with Crippen LogP contribution in [-0.2, 0) is 57.0 Å². The highest BCUT2D eigenvalue weighted by Gasteiger charge is 2.16. The number of carbonyl (C=O) groups excluding carboxylic acids is 3. The van der Waals surface area contributed by atoms with Gasteiger partial charge in [-0.25, -0.2) is 0 Å². The van der Waals surface area contributed by atoms with Gasteiger partial charge >= 0.3 is 17.9 Å². The van der Waals surface area contributed by atoms with Crippen molar-refractivity contribution in [2.75, 3.05) is 114 Å². The molecule has 2 heterocycles. The summed E-state index contributed by atoms with van der Waals surface area (Å²) in [6.07, 6.45) is 3.51. The van der Waals surface area contributed by atoms with E-state index in [2.05, 4.69) is 0 Å². The van der Waals surface area contributed by atoms with E-state index in [1.165, 1.54) is 0 Å². The van der Waals surface area contributed by atoms with Gasteiger partial charge in [0.15, 0.2) is 0 Å². The number of hydrogen-bond acceptors (Lipinski definition) is 18. The van der Waals surface area contributed by atoms with E-state index in [4.69, 9.17) is 42.6 Å². The molecule has 12 nitrogen and oxygen atoms in total. The van der Waals surface area contributed by atoms with Crippen LogP contribution in [0.5, 0.6) is 0 Å². The van der Waals surface area contributed by atoms with Crippen LogP contribution in [0.2, 0.25) is 0 Å². The fraction of sp³-hybridized carbons (Fsp3) is 0.900. The molecule has 0 aromatic heterocycles. The lowest BCUT2D eigenvalue weighted by Gasteiger charge is -2.18. The van der Waals surface area contributed by atoms with E-state index in [9.17, 15) is 14.4 Å². The normalized spacial score (nSPS) is 26.4. The molecule has 0 saturated carbocycles. The second-order valence-electron chi connectivity index (χ2n) is 10.5. The molecule has 0 aromatic carbocycles.